The van der Waals surface area contributed by atoms with Gasteiger partial charge in [-0.3, -0.25) is 0 Å². The second kappa shape index (κ2) is 4.41. The number of rotatable bonds is 3. The van der Waals surface area contributed by atoms with E-state index in [1.165, 1.54) is 17.8 Å². The molecule has 4 nitrogen and oxygen atoms in total. The van der Waals surface area contributed by atoms with Crippen molar-refractivity contribution in [2.45, 2.75) is 24.8 Å². The van der Waals surface area contributed by atoms with Crippen LogP contribution in [0.1, 0.15) is 36.1 Å². The molecule has 1 aromatic rings. The average Bonchev–Trinajstić information content (AvgIpc) is 2.16. The Morgan fingerprint density at radius 3 is 2.57 bits per heavy atom. The Hall–Kier alpha value is -1.10. The largest absolute Gasteiger partial charge is 0.477 e. The van der Waals surface area contributed by atoms with Gasteiger partial charge < -0.3 is 5.11 Å². The molecule has 0 aliphatic carbocycles. The van der Waals surface area contributed by atoms with Crippen LogP contribution in [0.15, 0.2) is 11.1 Å². The van der Waals surface area contributed by atoms with E-state index in [0.29, 0.717) is 10.9 Å². The van der Waals surface area contributed by atoms with E-state index in [0.717, 1.165) is 0 Å². The number of carboxylic acids is 1. The first-order valence-corrected chi connectivity index (χ1v) is 5.43. The van der Waals surface area contributed by atoms with Gasteiger partial charge in [0.05, 0.1) is 0 Å². The van der Waals surface area contributed by atoms with Gasteiger partial charge in [-0.2, -0.15) is 0 Å². The lowest BCUT2D eigenvalue weighted by molar-refractivity contribution is 0.0689. The van der Waals surface area contributed by atoms with Gasteiger partial charge in [-0.25, -0.2) is 14.8 Å². The summed E-state index contributed by atoms with van der Waals surface area (Å²) in [5.41, 5.74) is 0.0630. The molecule has 0 aliphatic heterocycles. The highest BCUT2D eigenvalue weighted by Gasteiger charge is 2.11. The highest BCUT2D eigenvalue weighted by atomic mass is 32.2. The predicted octanol–water partition coefficient (Wildman–Crippen LogP) is 2.02. The number of nitrogens with zero attached hydrogens (tertiary/aromatic N) is 2. The molecule has 0 bridgehead atoms. The smallest absolute Gasteiger partial charge is 0.354 e. The topological polar surface area (TPSA) is 63.1 Å². The first-order valence-electron chi connectivity index (χ1n) is 4.21. The maximum atomic E-state index is 10.7. The van der Waals surface area contributed by atoms with E-state index in [1.807, 2.05) is 20.1 Å². The summed E-state index contributed by atoms with van der Waals surface area (Å²) in [6, 6.07) is 1.48. The van der Waals surface area contributed by atoms with Crippen LogP contribution in [-0.4, -0.2) is 27.3 Å². The molecule has 0 radical (unpaired) electrons. The Labute approximate surface area is 86.8 Å². The van der Waals surface area contributed by atoms with Crippen LogP contribution in [0.3, 0.4) is 0 Å². The molecule has 0 spiro atoms. The summed E-state index contributed by atoms with van der Waals surface area (Å²) in [7, 11) is 0. The van der Waals surface area contributed by atoms with Crippen molar-refractivity contribution >= 4 is 17.7 Å². The monoisotopic (exact) mass is 212 g/mol. The van der Waals surface area contributed by atoms with Crippen LogP contribution in [0.4, 0.5) is 0 Å². The number of hydrogen-bond acceptors (Lipinski definition) is 4. The number of aromatic nitrogens is 2. The molecule has 1 aromatic heterocycles. The molecule has 1 heterocycles. The van der Waals surface area contributed by atoms with Crippen molar-refractivity contribution in [3.8, 4) is 0 Å². The van der Waals surface area contributed by atoms with Crippen molar-refractivity contribution in [3.63, 3.8) is 0 Å². The second-order valence-electron chi connectivity index (χ2n) is 3.11. The summed E-state index contributed by atoms with van der Waals surface area (Å²) >= 11 is 1.42. The van der Waals surface area contributed by atoms with Gasteiger partial charge in [-0.1, -0.05) is 13.8 Å². The number of hydrogen-bond donors (Lipinski definition) is 1. The van der Waals surface area contributed by atoms with E-state index in [1.54, 1.807) is 0 Å². The van der Waals surface area contributed by atoms with Gasteiger partial charge in [0.25, 0.3) is 0 Å². The maximum absolute atomic E-state index is 10.7. The third kappa shape index (κ3) is 2.45. The van der Waals surface area contributed by atoms with Crippen LogP contribution < -0.4 is 0 Å². The van der Waals surface area contributed by atoms with Crippen LogP contribution in [0, 0.1) is 0 Å². The van der Waals surface area contributed by atoms with Gasteiger partial charge >= 0.3 is 5.97 Å². The van der Waals surface area contributed by atoms with Crippen molar-refractivity contribution < 1.29 is 9.90 Å². The molecule has 1 N–H and O–H groups in total. The fourth-order valence-electron chi connectivity index (χ4n) is 0.915. The number of carboxylic acid groups (broad SMARTS) is 1. The van der Waals surface area contributed by atoms with Gasteiger partial charge in [0.15, 0.2) is 5.69 Å². The molecule has 0 atom stereocenters. The first-order chi connectivity index (χ1) is 6.54. The zero-order chi connectivity index (χ0) is 10.7. The Morgan fingerprint density at radius 2 is 2.14 bits per heavy atom. The molecule has 0 aromatic carbocycles. The van der Waals surface area contributed by atoms with Gasteiger partial charge in [-0.05, 0) is 6.26 Å². The molecule has 0 saturated carbocycles. The lowest BCUT2D eigenvalue weighted by atomic mass is 10.2. The molecule has 76 valence electrons. The lowest BCUT2D eigenvalue weighted by Gasteiger charge is -2.06. The van der Waals surface area contributed by atoms with E-state index in [-0.39, 0.29) is 11.6 Å². The molecule has 1 rings (SSSR count). The van der Waals surface area contributed by atoms with Crippen LogP contribution in [0.25, 0.3) is 0 Å². The third-order valence-electron chi connectivity index (χ3n) is 1.66. The summed E-state index contributed by atoms with van der Waals surface area (Å²) in [6.45, 7) is 3.87. The second-order valence-corrected chi connectivity index (χ2v) is 3.94. The summed E-state index contributed by atoms with van der Waals surface area (Å²) in [5, 5.41) is 9.51. The number of aromatic carboxylic acids is 1. The van der Waals surface area contributed by atoms with E-state index < -0.39 is 5.97 Å². The van der Waals surface area contributed by atoms with Gasteiger partial charge in [-0.15, -0.1) is 11.8 Å². The molecule has 0 amide bonds. The SMILES string of the molecule is CSc1cc(C(=O)O)nc(C(C)C)n1. The summed E-state index contributed by atoms with van der Waals surface area (Å²) in [4.78, 5) is 18.9. The average molecular weight is 212 g/mol. The zero-order valence-corrected chi connectivity index (χ0v) is 9.13. The fraction of sp³-hybridized carbons (Fsp3) is 0.444. The molecule has 0 unspecified atom stereocenters. The van der Waals surface area contributed by atoms with E-state index in [2.05, 4.69) is 9.97 Å². The van der Waals surface area contributed by atoms with E-state index in [4.69, 9.17) is 5.11 Å². The fourth-order valence-corrected chi connectivity index (χ4v) is 1.33. The standard InChI is InChI=1S/C9H12N2O2S/c1-5(2)8-10-6(9(12)13)4-7(11-8)14-3/h4-5H,1-3H3,(H,12,13). The minimum Gasteiger partial charge on any atom is -0.477 e. The summed E-state index contributed by atoms with van der Waals surface area (Å²) in [5.74, 6) is -0.293. The van der Waals surface area contributed by atoms with Crippen molar-refractivity contribution in [2.24, 2.45) is 0 Å². The van der Waals surface area contributed by atoms with Crippen molar-refractivity contribution in [1.82, 2.24) is 9.97 Å². The van der Waals surface area contributed by atoms with Crippen LogP contribution in [0.5, 0.6) is 0 Å². The number of carbonyl (C=O) groups is 1. The van der Waals surface area contributed by atoms with Crippen molar-refractivity contribution in [1.29, 1.82) is 0 Å². The molecule has 14 heavy (non-hydrogen) atoms. The van der Waals surface area contributed by atoms with Gasteiger partial charge in [0.1, 0.15) is 10.9 Å². The van der Waals surface area contributed by atoms with Crippen LogP contribution >= 0.6 is 11.8 Å². The Morgan fingerprint density at radius 1 is 1.50 bits per heavy atom. The predicted molar refractivity (Wildman–Crippen MR) is 54.9 cm³/mol. The molecular weight excluding hydrogens is 200 g/mol. The Kier molecular flexibility index (Phi) is 3.46. The van der Waals surface area contributed by atoms with Crippen LogP contribution in [0.2, 0.25) is 0 Å². The molecular formula is C9H12N2O2S. The molecule has 0 aliphatic rings. The minimum atomic E-state index is -1.01. The molecule has 0 fully saturated rings. The number of thioether (sulfide) groups is 1. The third-order valence-corrected chi connectivity index (χ3v) is 2.29. The zero-order valence-electron chi connectivity index (χ0n) is 8.31. The van der Waals surface area contributed by atoms with Crippen molar-refractivity contribution in [2.75, 3.05) is 6.26 Å². The molecule has 0 saturated heterocycles. The van der Waals surface area contributed by atoms with Gasteiger partial charge in [0, 0.05) is 12.0 Å². The summed E-state index contributed by atoms with van der Waals surface area (Å²) < 4.78 is 0. The molecule has 5 heteroatoms. The highest BCUT2D eigenvalue weighted by Crippen LogP contribution is 2.17. The Bertz CT molecular complexity index is 353. The lowest BCUT2D eigenvalue weighted by Crippen LogP contribution is -2.07. The van der Waals surface area contributed by atoms with Crippen molar-refractivity contribution in [3.05, 3.63) is 17.6 Å². The normalized spacial score (nSPS) is 10.6. The highest BCUT2D eigenvalue weighted by molar-refractivity contribution is 7.98. The first kappa shape index (κ1) is 11.0. The van der Waals surface area contributed by atoms with Crippen LogP contribution in [-0.2, 0) is 0 Å². The Balaban J connectivity index is 3.20. The van der Waals surface area contributed by atoms with Gasteiger partial charge in [0.2, 0.25) is 0 Å². The quantitative estimate of drug-likeness (QED) is 0.613. The maximum Gasteiger partial charge on any atom is 0.354 e. The minimum absolute atomic E-state index is 0.0630. The van der Waals surface area contributed by atoms with E-state index in [9.17, 15) is 4.79 Å². The summed E-state index contributed by atoms with van der Waals surface area (Å²) in [6.07, 6.45) is 1.86. The van der Waals surface area contributed by atoms with E-state index >= 15 is 0 Å².